The van der Waals surface area contributed by atoms with Crippen LogP contribution in [0.2, 0.25) is 0 Å². The van der Waals surface area contributed by atoms with Crippen LogP contribution in [0.15, 0.2) is 48.7 Å². The zero-order chi connectivity index (χ0) is 21.8. The van der Waals surface area contributed by atoms with E-state index in [0.717, 1.165) is 30.8 Å². The summed E-state index contributed by atoms with van der Waals surface area (Å²) in [7, 11) is 0. The number of hydrogen-bond acceptors (Lipinski definition) is 5. The minimum atomic E-state index is -0.831. The number of aromatic nitrogens is 1. The third-order valence-corrected chi connectivity index (χ3v) is 7.48. The Balaban J connectivity index is 1.29. The third kappa shape index (κ3) is 3.24. The maximum atomic E-state index is 14.0. The summed E-state index contributed by atoms with van der Waals surface area (Å²) in [6, 6.07) is 16.0. The summed E-state index contributed by atoms with van der Waals surface area (Å²) in [5.74, 6) is 0. The molecule has 3 aliphatic rings. The molecular weight excluding hydrogens is 401 g/mol. The summed E-state index contributed by atoms with van der Waals surface area (Å²) >= 11 is 0. The number of nitrogens with one attached hydrogen (secondary N) is 2. The summed E-state index contributed by atoms with van der Waals surface area (Å²) in [4.78, 5) is 9.80. The molecule has 2 saturated heterocycles. The van der Waals surface area contributed by atoms with E-state index in [1.807, 2.05) is 12.3 Å². The van der Waals surface area contributed by atoms with Crippen LogP contribution in [0.1, 0.15) is 29.7 Å². The molecule has 0 bridgehead atoms. The van der Waals surface area contributed by atoms with Crippen molar-refractivity contribution in [3.63, 3.8) is 0 Å². The second kappa shape index (κ2) is 7.71. The number of alkyl halides is 1. The zero-order valence-electron chi connectivity index (χ0n) is 18.7. The molecule has 6 heteroatoms. The van der Waals surface area contributed by atoms with Crippen LogP contribution >= 0.6 is 0 Å². The monoisotopic (exact) mass is 431 g/mol. The molecule has 32 heavy (non-hydrogen) atoms. The molecule has 3 aliphatic heterocycles. The van der Waals surface area contributed by atoms with Gasteiger partial charge < -0.3 is 15.5 Å². The highest BCUT2D eigenvalue weighted by atomic mass is 19.1. The van der Waals surface area contributed by atoms with Crippen molar-refractivity contribution < 1.29 is 4.39 Å². The molecule has 0 amide bonds. The van der Waals surface area contributed by atoms with Gasteiger partial charge in [-0.25, -0.2) is 4.39 Å². The van der Waals surface area contributed by atoms with Gasteiger partial charge in [0.05, 0.1) is 17.6 Å². The van der Waals surface area contributed by atoms with E-state index in [4.69, 9.17) is 0 Å². The maximum absolute atomic E-state index is 14.0. The van der Waals surface area contributed by atoms with Gasteiger partial charge in [-0.3, -0.25) is 9.88 Å². The van der Waals surface area contributed by atoms with Crippen LogP contribution in [0.25, 0.3) is 10.9 Å². The second-order valence-electron chi connectivity index (χ2n) is 9.58. The largest absolute Gasteiger partial charge is 0.378 e. The summed E-state index contributed by atoms with van der Waals surface area (Å²) in [6.07, 6.45) is 1.05. The van der Waals surface area contributed by atoms with Crippen molar-refractivity contribution in [1.29, 1.82) is 0 Å². The number of nitrogens with zero attached hydrogens (tertiary/aromatic N) is 3. The Morgan fingerprint density at radius 2 is 2.03 bits per heavy atom. The van der Waals surface area contributed by atoms with Gasteiger partial charge in [0.2, 0.25) is 0 Å². The number of halogens is 1. The standard InChI is InChI=1S/C26H30FN5/c1-16-5-8-24(21-4-3-9-29-26(16)21)31-13-17(2)32-14-18-10-19(6-7-20(18)25(32)15-31)30-23-12-28-11-22(23)27/h3-10,17,22-23,25,28,30H,11-15H2,1-2H3/t17?,22-,23+,25?/m1/s1. The van der Waals surface area contributed by atoms with Crippen molar-refractivity contribution in [2.45, 2.75) is 44.7 Å². The Hall–Kier alpha value is -2.70. The Morgan fingerprint density at radius 1 is 1.12 bits per heavy atom. The van der Waals surface area contributed by atoms with E-state index in [1.165, 1.54) is 27.8 Å². The maximum Gasteiger partial charge on any atom is 0.134 e. The number of anilines is 2. The average molecular weight is 432 g/mol. The highest BCUT2D eigenvalue weighted by Gasteiger charge is 2.39. The molecule has 2 N–H and O–H groups in total. The number of pyridine rings is 1. The van der Waals surface area contributed by atoms with E-state index >= 15 is 0 Å². The fourth-order valence-corrected chi connectivity index (χ4v) is 5.79. The fourth-order valence-electron chi connectivity index (χ4n) is 5.79. The van der Waals surface area contributed by atoms with Crippen molar-refractivity contribution in [2.75, 3.05) is 36.4 Å². The number of aryl methyl sites for hydroxylation is 1. The molecule has 0 saturated carbocycles. The molecule has 3 aromatic rings. The lowest BCUT2D eigenvalue weighted by atomic mass is 9.99. The first-order chi connectivity index (χ1) is 15.6. The molecule has 6 rings (SSSR count). The molecule has 5 nitrogen and oxygen atoms in total. The lowest BCUT2D eigenvalue weighted by Gasteiger charge is -2.44. The van der Waals surface area contributed by atoms with Gasteiger partial charge in [0.1, 0.15) is 6.17 Å². The van der Waals surface area contributed by atoms with E-state index in [2.05, 4.69) is 75.7 Å². The first-order valence-electron chi connectivity index (χ1n) is 11.7. The van der Waals surface area contributed by atoms with E-state index in [-0.39, 0.29) is 6.04 Å². The Labute approximate surface area is 188 Å². The third-order valence-electron chi connectivity index (χ3n) is 7.48. The van der Waals surface area contributed by atoms with Gasteiger partial charge in [-0.1, -0.05) is 12.1 Å². The first kappa shape index (κ1) is 19.9. The number of fused-ring (bicyclic) bond motifs is 4. The molecule has 2 aromatic carbocycles. The van der Waals surface area contributed by atoms with Crippen LogP contribution in [0.5, 0.6) is 0 Å². The Morgan fingerprint density at radius 3 is 2.88 bits per heavy atom. The molecular formula is C26H30FN5. The number of benzene rings is 2. The van der Waals surface area contributed by atoms with Crippen molar-refractivity contribution >= 4 is 22.3 Å². The minimum Gasteiger partial charge on any atom is -0.378 e. The minimum absolute atomic E-state index is 0.144. The molecule has 0 radical (unpaired) electrons. The molecule has 4 atom stereocenters. The van der Waals surface area contributed by atoms with Gasteiger partial charge in [-0.2, -0.15) is 0 Å². The summed E-state index contributed by atoms with van der Waals surface area (Å²) < 4.78 is 14.0. The lowest BCUT2D eigenvalue weighted by molar-refractivity contribution is 0.134. The average Bonchev–Trinajstić information content (AvgIpc) is 3.37. The van der Waals surface area contributed by atoms with Gasteiger partial charge >= 0.3 is 0 Å². The van der Waals surface area contributed by atoms with Crippen LogP contribution in [0.4, 0.5) is 15.8 Å². The number of piperazine rings is 1. The Bertz CT molecular complexity index is 1160. The van der Waals surface area contributed by atoms with Crippen LogP contribution in [-0.2, 0) is 6.54 Å². The smallest absolute Gasteiger partial charge is 0.134 e. The highest BCUT2D eigenvalue weighted by molar-refractivity contribution is 5.93. The van der Waals surface area contributed by atoms with Crippen molar-refractivity contribution in [3.8, 4) is 0 Å². The first-order valence-corrected chi connectivity index (χ1v) is 11.7. The van der Waals surface area contributed by atoms with Crippen molar-refractivity contribution in [2.24, 2.45) is 0 Å². The fraction of sp³-hybridized carbons (Fsp3) is 0.423. The molecule has 1 aromatic heterocycles. The van der Waals surface area contributed by atoms with Gasteiger partial charge in [-0.15, -0.1) is 0 Å². The number of rotatable bonds is 3. The Kier molecular flexibility index (Phi) is 4.81. The quantitative estimate of drug-likeness (QED) is 0.656. The van der Waals surface area contributed by atoms with Crippen LogP contribution in [0, 0.1) is 6.92 Å². The molecule has 0 spiro atoms. The van der Waals surface area contributed by atoms with Gasteiger partial charge in [0.15, 0.2) is 0 Å². The predicted molar refractivity (Wildman–Crippen MR) is 128 cm³/mol. The summed E-state index contributed by atoms with van der Waals surface area (Å²) in [5, 5.41) is 7.75. The van der Waals surface area contributed by atoms with E-state index < -0.39 is 6.17 Å². The molecule has 2 unspecified atom stereocenters. The molecule has 4 heterocycles. The molecule has 0 aliphatic carbocycles. The van der Waals surface area contributed by atoms with Gasteiger partial charge in [-0.05, 0) is 60.9 Å². The van der Waals surface area contributed by atoms with E-state index in [1.54, 1.807) is 0 Å². The topological polar surface area (TPSA) is 43.4 Å². The SMILES string of the molecule is Cc1ccc(N2CC(C)N3Cc4cc(N[C@H]5CNC[C@H]5F)ccc4C3C2)c2cccnc12. The summed E-state index contributed by atoms with van der Waals surface area (Å²) in [6.45, 7) is 8.51. The van der Waals surface area contributed by atoms with Crippen LogP contribution < -0.4 is 15.5 Å². The van der Waals surface area contributed by atoms with Crippen LogP contribution in [0.3, 0.4) is 0 Å². The van der Waals surface area contributed by atoms with Crippen molar-refractivity contribution in [3.05, 3.63) is 65.4 Å². The van der Waals surface area contributed by atoms with Crippen molar-refractivity contribution in [1.82, 2.24) is 15.2 Å². The van der Waals surface area contributed by atoms with E-state index in [0.29, 0.717) is 25.2 Å². The van der Waals surface area contributed by atoms with Crippen LogP contribution in [-0.4, -0.2) is 54.3 Å². The second-order valence-corrected chi connectivity index (χ2v) is 9.58. The lowest BCUT2D eigenvalue weighted by Crippen LogP contribution is -2.51. The summed E-state index contributed by atoms with van der Waals surface area (Å²) in [5.41, 5.74) is 7.39. The van der Waals surface area contributed by atoms with Gasteiger partial charge in [0, 0.05) is 61.7 Å². The zero-order valence-corrected chi connectivity index (χ0v) is 18.7. The predicted octanol–water partition coefficient (Wildman–Crippen LogP) is 4.03. The number of hydrogen-bond donors (Lipinski definition) is 2. The molecule has 166 valence electrons. The highest BCUT2D eigenvalue weighted by Crippen LogP contribution is 2.42. The molecule has 2 fully saturated rings. The van der Waals surface area contributed by atoms with E-state index in [9.17, 15) is 4.39 Å². The normalized spacial score (nSPS) is 27.5. The van der Waals surface area contributed by atoms with Gasteiger partial charge in [0.25, 0.3) is 0 Å².